The van der Waals surface area contributed by atoms with Crippen molar-refractivity contribution in [3.05, 3.63) is 156 Å². The fourth-order valence-electron chi connectivity index (χ4n) is 6.18. The maximum Gasteiger partial charge on any atom is 0.254 e. The molecule has 8 rings (SSSR count). The summed E-state index contributed by atoms with van der Waals surface area (Å²) in [6.45, 7) is 2.89. The van der Waals surface area contributed by atoms with Crippen LogP contribution >= 0.6 is 0 Å². The van der Waals surface area contributed by atoms with Crippen LogP contribution in [0.1, 0.15) is 27.7 Å². The van der Waals surface area contributed by atoms with Crippen molar-refractivity contribution in [3.8, 4) is 0 Å². The molecule has 5 nitrogen and oxygen atoms in total. The molecule has 0 unspecified atom stereocenters. The standard InChI is InChI=1S/C39H29N2O3/c1-26-40(33-14-6-7-15-34(33)41(26)25-35(42)29-19-18-27-10-2-3-11-28(27)22-29)21-20-32(38-23-30-12-4-8-16-36(30)43-38)39-24-31-13-5-9-17-37(31)44-39/h2-20,22-24H,21,25H2,1H3/q+1. The van der Waals surface area contributed by atoms with E-state index < -0.39 is 0 Å². The molecule has 0 aliphatic carbocycles. The van der Waals surface area contributed by atoms with E-state index in [0.717, 1.165) is 66.7 Å². The van der Waals surface area contributed by atoms with Crippen molar-refractivity contribution in [1.29, 1.82) is 0 Å². The monoisotopic (exact) mass is 573 g/mol. The van der Waals surface area contributed by atoms with Gasteiger partial charge in [-0.05, 0) is 59.3 Å². The lowest BCUT2D eigenvalue weighted by Crippen LogP contribution is -2.40. The molecule has 8 aromatic rings. The summed E-state index contributed by atoms with van der Waals surface area (Å²) >= 11 is 0. The third-order valence-corrected chi connectivity index (χ3v) is 8.48. The number of hydrogen-bond acceptors (Lipinski definition) is 3. The van der Waals surface area contributed by atoms with Gasteiger partial charge in [0.1, 0.15) is 29.2 Å². The van der Waals surface area contributed by atoms with Crippen LogP contribution in [0.4, 0.5) is 0 Å². The average Bonchev–Trinajstić information content (AvgIpc) is 3.76. The van der Waals surface area contributed by atoms with Gasteiger partial charge >= 0.3 is 0 Å². The first kappa shape index (κ1) is 26.0. The Balaban J connectivity index is 1.20. The van der Waals surface area contributed by atoms with Crippen molar-refractivity contribution in [2.75, 3.05) is 0 Å². The van der Waals surface area contributed by atoms with Crippen LogP contribution in [-0.4, -0.2) is 10.4 Å². The van der Waals surface area contributed by atoms with Crippen LogP contribution in [0.3, 0.4) is 0 Å². The van der Waals surface area contributed by atoms with Crippen molar-refractivity contribution in [2.24, 2.45) is 0 Å². The fraction of sp³-hybridized carbons (Fsp3) is 0.0769. The second-order valence-corrected chi connectivity index (χ2v) is 11.1. The van der Waals surface area contributed by atoms with Crippen LogP contribution in [0, 0.1) is 6.92 Å². The summed E-state index contributed by atoms with van der Waals surface area (Å²) < 4.78 is 17.0. The molecule has 0 saturated carbocycles. The number of furan rings is 2. The number of ketones is 1. The van der Waals surface area contributed by atoms with E-state index in [0.29, 0.717) is 12.1 Å². The van der Waals surface area contributed by atoms with E-state index in [9.17, 15) is 4.79 Å². The summed E-state index contributed by atoms with van der Waals surface area (Å²) in [5.74, 6) is 2.56. The topological polar surface area (TPSA) is 52.2 Å². The zero-order chi connectivity index (χ0) is 29.6. The molecule has 3 aromatic heterocycles. The largest absolute Gasteiger partial charge is 0.456 e. The molecule has 0 bridgehead atoms. The number of aromatic nitrogens is 2. The molecule has 0 amide bonds. The third kappa shape index (κ3) is 4.50. The van der Waals surface area contributed by atoms with E-state index in [1.165, 1.54) is 0 Å². The van der Waals surface area contributed by atoms with Gasteiger partial charge in [-0.15, -0.1) is 0 Å². The number of allylic oxidation sites excluding steroid dienone is 1. The van der Waals surface area contributed by atoms with Gasteiger partial charge in [-0.2, -0.15) is 0 Å². The van der Waals surface area contributed by atoms with Gasteiger partial charge < -0.3 is 8.83 Å². The van der Waals surface area contributed by atoms with Gasteiger partial charge in [-0.1, -0.05) is 84.9 Å². The molecule has 0 radical (unpaired) electrons. The number of benzene rings is 5. The van der Waals surface area contributed by atoms with Gasteiger partial charge in [-0.3, -0.25) is 4.79 Å². The molecule has 5 aromatic carbocycles. The zero-order valence-electron chi connectivity index (χ0n) is 24.2. The maximum atomic E-state index is 13.6. The Hall–Kier alpha value is -5.68. The van der Waals surface area contributed by atoms with Crippen LogP contribution in [0.15, 0.2) is 142 Å². The van der Waals surface area contributed by atoms with E-state index in [2.05, 4.69) is 64.6 Å². The number of hydrogen-bond donors (Lipinski definition) is 0. The Kier molecular flexibility index (Phi) is 6.23. The predicted molar refractivity (Wildman–Crippen MR) is 175 cm³/mol. The smallest absolute Gasteiger partial charge is 0.254 e. The normalized spacial score (nSPS) is 11.6. The maximum absolute atomic E-state index is 13.6. The minimum absolute atomic E-state index is 0.0764. The zero-order valence-corrected chi connectivity index (χ0v) is 24.2. The van der Waals surface area contributed by atoms with Gasteiger partial charge in [0.25, 0.3) is 5.82 Å². The lowest BCUT2D eigenvalue weighted by Gasteiger charge is -2.04. The first-order valence-electron chi connectivity index (χ1n) is 14.8. The highest BCUT2D eigenvalue weighted by Gasteiger charge is 2.24. The third-order valence-electron chi connectivity index (χ3n) is 8.48. The van der Waals surface area contributed by atoms with Crippen molar-refractivity contribution in [2.45, 2.75) is 20.0 Å². The van der Waals surface area contributed by atoms with E-state index in [4.69, 9.17) is 8.83 Å². The van der Waals surface area contributed by atoms with Crippen molar-refractivity contribution >= 4 is 55.1 Å². The first-order valence-corrected chi connectivity index (χ1v) is 14.8. The van der Waals surface area contributed by atoms with Gasteiger partial charge in [0, 0.05) is 23.3 Å². The van der Waals surface area contributed by atoms with Gasteiger partial charge in [0.15, 0.2) is 17.6 Å². The number of nitrogens with zero attached hydrogens (tertiary/aromatic N) is 2. The highest BCUT2D eigenvalue weighted by atomic mass is 16.4. The number of para-hydroxylation sites is 4. The van der Waals surface area contributed by atoms with Crippen LogP contribution in [0.25, 0.3) is 49.3 Å². The number of carbonyl (C=O) groups is 1. The summed E-state index contributed by atoms with van der Waals surface area (Å²) in [5.41, 5.74) is 5.33. The Labute approximate surface area is 253 Å². The van der Waals surface area contributed by atoms with Gasteiger partial charge in [0.2, 0.25) is 5.78 Å². The lowest BCUT2D eigenvalue weighted by molar-refractivity contribution is -0.664. The number of carbonyl (C=O) groups excluding carboxylic acids is 1. The lowest BCUT2D eigenvalue weighted by atomic mass is 10.0. The van der Waals surface area contributed by atoms with E-state index in [1.807, 2.05) is 84.9 Å². The molecule has 0 saturated heterocycles. The molecule has 44 heavy (non-hydrogen) atoms. The summed E-state index contributed by atoms with van der Waals surface area (Å²) in [5, 5.41) is 4.27. The molecule has 3 heterocycles. The molecule has 0 atom stereocenters. The predicted octanol–water partition coefficient (Wildman–Crippen LogP) is 8.90. The Morgan fingerprint density at radius 2 is 1.27 bits per heavy atom. The summed E-state index contributed by atoms with van der Waals surface area (Å²) in [4.78, 5) is 13.6. The molecule has 0 N–H and O–H groups in total. The highest BCUT2D eigenvalue weighted by Crippen LogP contribution is 2.33. The number of imidazole rings is 1. The summed E-state index contributed by atoms with van der Waals surface area (Å²) in [7, 11) is 0. The first-order chi connectivity index (χ1) is 21.6. The van der Waals surface area contributed by atoms with E-state index in [-0.39, 0.29) is 12.3 Å². The van der Waals surface area contributed by atoms with Crippen LogP contribution in [-0.2, 0) is 13.1 Å². The second kappa shape index (κ2) is 10.5. The quantitative estimate of drug-likeness (QED) is 0.141. The summed E-state index contributed by atoms with van der Waals surface area (Å²) in [6.07, 6.45) is 2.16. The molecule has 0 aliphatic rings. The summed E-state index contributed by atoms with van der Waals surface area (Å²) in [6, 6.07) is 42.5. The second-order valence-electron chi connectivity index (χ2n) is 11.1. The minimum Gasteiger partial charge on any atom is -0.456 e. The number of fused-ring (bicyclic) bond motifs is 4. The van der Waals surface area contributed by atoms with Crippen LogP contribution in [0.2, 0.25) is 0 Å². The number of Topliss-reactive ketones (excluding diaryl/α,β-unsaturated/α-hetero) is 1. The Morgan fingerprint density at radius 3 is 1.95 bits per heavy atom. The van der Waals surface area contributed by atoms with E-state index >= 15 is 0 Å². The van der Waals surface area contributed by atoms with Crippen molar-refractivity contribution in [1.82, 2.24) is 4.57 Å². The molecule has 0 spiro atoms. The molecular formula is C39H29N2O3+. The Morgan fingerprint density at radius 1 is 0.682 bits per heavy atom. The highest BCUT2D eigenvalue weighted by molar-refractivity contribution is 5.99. The van der Waals surface area contributed by atoms with Crippen molar-refractivity contribution < 1.29 is 18.2 Å². The molecule has 5 heteroatoms. The Bertz CT molecular complexity index is 2240. The molecular weight excluding hydrogens is 544 g/mol. The van der Waals surface area contributed by atoms with Gasteiger partial charge in [0.05, 0.1) is 5.57 Å². The van der Waals surface area contributed by atoms with Crippen LogP contribution in [0.5, 0.6) is 0 Å². The number of rotatable bonds is 7. The molecule has 0 fully saturated rings. The van der Waals surface area contributed by atoms with E-state index in [1.54, 1.807) is 0 Å². The van der Waals surface area contributed by atoms with Gasteiger partial charge in [-0.25, -0.2) is 9.13 Å². The van der Waals surface area contributed by atoms with Crippen LogP contribution < -0.4 is 4.57 Å². The minimum atomic E-state index is 0.0764. The average molecular weight is 574 g/mol. The molecule has 0 aliphatic heterocycles. The molecule has 212 valence electrons. The van der Waals surface area contributed by atoms with Crippen molar-refractivity contribution in [3.63, 3.8) is 0 Å². The SMILES string of the molecule is Cc1n(CC=C(c2cc3ccccc3o2)c2cc3ccccc3o2)c2ccccc2[n+]1CC(=O)c1ccc2ccccc2c1. The fourth-order valence-corrected chi connectivity index (χ4v) is 6.18.